The van der Waals surface area contributed by atoms with Crippen molar-refractivity contribution in [2.45, 2.75) is 0 Å². The second-order valence-corrected chi connectivity index (χ2v) is 19.2. The maximum atomic E-state index is 5.04. The van der Waals surface area contributed by atoms with Gasteiger partial charge < -0.3 is 4.57 Å². The van der Waals surface area contributed by atoms with E-state index in [1.807, 2.05) is 24.8 Å². The van der Waals surface area contributed by atoms with Gasteiger partial charge in [0.25, 0.3) is 0 Å². The zero-order chi connectivity index (χ0) is 49.7. The molecular weight excluding hydrogens is 909 g/mol. The zero-order valence-electron chi connectivity index (χ0n) is 40.8. The largest absolute Gasteiger partial charge is 0.308 e. The molecule has 0 aliphatic carbocycles. The lowest BCUT2D eigenvalue weighted by Crippen LogP contribution is -1.96. The smallest absolute Gasteiger partial charge is 0.0887 e. The number of rotatable bonds is 9. The van der Waals surface area contributed by atoms with Gasteiger partial charge in [0.05, 0.1) is 34.3 Å². The molecule has 0 aliphatic heterocycles. The van der Waals surface area contributed by atoms with Crippen molar-refractivity contribution in [2.75, 3.05) is 0 Å². The molecule has 0 fully saturated rings. The average Bonchev–Trinajstić information content (AvgIpc) is 3.84. The summed E-state index contributed by atoms with van der Waals surface area (Å²) >= 11 is 0. The van der Waals surface area contributed by atoms with Gasteiger partial charge in [-0.3, -0.25) is 15.0 Å². The summed E-state index contributed by atoms with van der Waals surface area (Å²) in [6, 6.07) is 91.9. The van der Waals surface area contributed by atoms with E-state index in [4.69, 9.17) is 9.97 Å². The van der Waals surface area contributed by atoms with Crippen molar-refractivity contribution in [1.29, 1.82) is 0 Å². The molecule has 0 N–H and O–H groups in total. The van der Waals surface area contributed by atoms with Crippen molar-refractivity contribution < 1.29 is 0 Å². The topological polar surface area (TPSA) is 43.6 Å². The molecule has 0 amide bonds. The molecule has 0 radical (unpaired) electrons. The molecule has 0 saturated heterocycles. The van der Waals surface area contributed by atoms with Crippen LogP contribution in [0.5, 0.6) is 0 Å². The summed E-state index contributed by atoms with van der Waals surface area (Å²) in [5.74, 6) is 0. The van der Waals surface area contributed by atoms with E-state index < -0.39 is 0 Å². The van der Waals surface area contributed by atoms with E-state index in [-0.39, 0.29) is 0 Å². The molecule has 4 heteroatoms. The number of pyridine rings is 3. The first-order valence-electron chi connectivity index (χ1n) is 25.5. The monoisotopic (exact) mass is 954 g/mol. The summed E-state index contributed by atoms with van der Waals surface area (Å²) in [4.78, 5) is 14.4. The van der Waals surface area contributed by atoms with Crippen LogP contribution in [-0.2, 0) is 0 Å². The van der Waals surface area contributed by atoms with E-state index in [0.29, 0.717) is 0 Å². The molecule has 0 unspecified atom stereocenters. The third-order valence-electron chi connectivity index (χ3n) is 14.8. The van der Waals surface area contributed by atoms with Gasteiger partial charge in [-0.15, -0.1) is 0 Å². The quantitative estimate of drug-likeness (QED) is 0.135. The molecular formula is C71H46N4. The third-order valence-corrected chi connectivity index (χ3v) is 14.8. The Labute approximate surface area is 435 Å². The summed E-state index contributed by atoms with van der Waals surface area (Å²) in [6.07, 6.45) is 7.71. The summed E-state index contributed by atoms with van der Waals surface area (Å²) in [5, 5.41) is 7.08. The van der Waals surface area contributed by atoms with Crippen molar-refractivity contribution in [3.8, 4) is 95.0 Å². The number of benzene rings is 10. The van der Waals surface area contributed by atoms with Crippen LogP contribution in [0, 0.1) is 0 Å². The van der Waals surface area contributed by atoms with Crippen molar-refractivity contribution in [3.05, 3.63) is 280 Å². The van der Waals surface area contributed by atoms with Crippen molar-refractivity contribution >= 4 is 43.4 Å². The fourth-order valence-corrected chi connectivity index (χ4v) is 11.1. The van der Waals surface area contributed by atoms with E-state index in [2.05, 4.69) is 264 Å². The summed E-state index contributed by atoms with van der Waals surface area (Å²) < 4.78 is 2.25. The van der Waals surface area contributed by atoms with Gasteiger partial charge in [-0.05, 0) is 142 Å². The molecule has 10 aromatic carbocycles. The lowest BCUT2D eigenvalue weighted by molar-refractivity contribution is 1.13. The van der Waals surface area contributed by atoms with E-state index >= 15 is 0 Å². The van der Waals surface area contributed by atoms with Crippen LogP contribution in [0.2, 0.25) is 0 Å². The Kier molecular flexibility index (Phi) is 10.8. The van der Waals surface area contributed by atoms with Crippen molar-refractivity contribution in [1.82, 2.24) is 19.5 Å². The Bertz CT molecular complexity index is 4360. The van der Waals surface area contributed by atoms with E-state index in [1.54, 1.807) is 0 Å². The standard InChI is InChI=1S/C71H46N4/c1-3-13-47(14-4-1)53-17-11-19-55(41-53)49-25-29-51(30-26-49)70-61-22-7-8-23-62(61)71(52-31-27-50(28-32-52)56-20-12-18-54(42-56)48-15-5-2-6-16-48)64-43-57(33-36-63(64)70)58-34-37-66(73-44-58)67-38-35-59(45-74-67)75-68-24-10-9-21-60(68)65-46-72-40-39-69(65)75/h1-46H. The Morgan fingerprint density at radius 2 is 0.667 bits per heavy atom. The molecule has 14 aromatic rings. The molecule has 75 heavy (non-hydrogen) atoms. The first-order valence-corrected chi connectivity index (χ1v) is 25.5. The van der Waals surface area contributed by atoms with E-state index in [0.717, 1.165) is 50.2 Å². The predicted octanol–water partition coefficient (Wildman–Crippen LogP) is 18.6. The summed E-state index contributed by atoms with van der Waals surface area (Å²) in [7, 11) is 0. The lowest BCUT2D eigenvalue weighted by atomic mass is 9.84. The lowest BCUT2D eigenvalue weighted by Gasteiger charge is -2.19. The van der Waals surface area contributed by atoms with Crippen LogP contribution in [0.3, 0.4) is 0 Å². The predicted molar refractivity (Wildman–Crippen MR) is 313 cm³/mol. The number of hydrogen-bond acceptors (Lipinski definition) is 3. The van der Waals surface area contributed by atoms with Crippen LogP contribution in [0.1, 0.15) is 0 Å². The minimum absolute atomic E-state index is 0.815. The van der Waals surface area contributed by atoms with Crippen LogP contribution in [-0.4, -0.2) is 19.5 Å². The van der Waals surface area contributed by atoms with Crippen LogP contribution in [0.25, 0.3) is 138 Å². The average molecular weight is 955 g/mol. The van der Waals surface area contributed by atoms with Gasteiger partial charge in [0.15, 0.2) is 0 Å². The Hall–Kier alpha value is -10.0. The molecule has 4 aromatic heterocycles. The fraction of sp³-hybridized carbons (Fsp3) is 0. The highest BCUT2D eigenvalue weighted by Gasteiger charge is 2.19. The normalized spacial score (nSPS) is 11.5. The highest BCUT2D eigenvalue weighted by atomic mass is 15.0. The van der Waals surface area contributed by atoms with E-state index in [9.17, 15) is 0 Å². The maximum absolute atomic E-state index is 5.04. The van der Waals surface area contributed by atoms with Gasteiger partial charge in [0.2, 0.25) is 0 Å². The first-order chi connectivity index (χ1) is 37.2. The fourth-order valence-electron chi connectivity index (χ4n) is 11.1. The number of aromatic nitrogens is 4. The van der Waals surface area contributed by atoms with Crippen LogP contribution < -0.4 is 0 Å². The molecule has 0 bridgehead atoms. The SMILES string of the molecule is c1ccc(-c2cccc(-c3ccc(-c4c5ccccc5c(-c5ccc(-c6cccc(-c7ccccc7)c6)cc5)c5cc(-c6ccc(-c7ccc(-n8c9ccccc9c9cnccc98)cn7)nc6)ccc45)cc3)c2)cc1. The number of hydrogen-bond donors (Lipinski definition) is 0. The van der Waals surface area contributed by atoms with Gasteiger partial charge >= 0.3 is 0 Å². The van der Waals surface area contributed by atoms with Crippen molar-refractivity contribution in [2.24, 2.45) is 0 Å². The van der Waals surface area contributed by atoms with Gasteiger partial charge in [-0.1, -0.05) is 206 Å². The van der Waals surface area contributed by atoms with Crippen LogP contribution >= 0.6 is 0 Å². The van der Waals surface area contributed by atoms with Crippen LogP contribution in [0.4, 0.5) is 0 Å². The van der Waals surface area contributed by atoms with Gasteiger partial charge in [-0.25, -0.2) is 0 Å². The second kappa shape index (κ2) is 18.5. The third kappa shape index (κ3) is 7.93. The Morgan fingerprint density at radius 1 is 0.240 bits per heavy atom. The highest BCUT2D eigenvalue weighted by molar-refractivity contribution is 6.22. The molecule has 14 rings (SSSR count). The molecule has 0 saturated carbocycles. The molecule has 350 valence electrons. The maximum Gasteiger partial charge on any atom is 0.0887 e. The zero-order valence-corrected chi connectivity index (χ0v) is 40.8. The molecule has 4 nitrogen and oxygen atoms in total. The molecule has 0 aliphatic rings. The minimum atomic E-state index is 0.815. The molecule has 0 atom stereocenters. The number of fused-ring (bicyclic) bond motifs is 5. The minimum Gasteiger partial charge on any atom is -0.308 e. The van der Waals surface area contributed by atoms with Gasteiger partial charge in [0, 0.05) is 34.9 Å². The van der Waals surface area contributed by atoms with Gasteiger partial charge in [0.1, 0.15) is 0 Å². The second-order valence-electron chi connectivity index (χ2n) is 19.2. The van der Waals surface area contributed by atoms with Crippen LogP contribution in [0.15, 0.2) is 280 Å². The summed E-state index contributed by atoms with van der Waals surface area (Å²) in [5.41, 5.74) is 21.3. The number of nitrogens with zero attached hydrogens (tertiary/aromatic N) is 4. The van der Waals surface area contributed by atoms with Gasteiger partial charge in [-0.2, -0.15) is 0 Å². The Morgan fingerprint density at radius 3 is 1.23 bits per heavy atom. The first kappa shape index (κ1) is 43.7. The van der Waals surface area contributed by atoms with Crippen molar-refractivity contribution in [3.63, 3.8) is 0 Å². The molecule has 0 spiro atoms. The molecule has 4 heterocycles. The Balaban J connectivity index is 0.861. The summed E-state index contributed by atoms with van der Waals surface area (Å²) in [6.45, 7) is 0. The number of para-hydroxylation sites is 1. The van der Waals surface area contributed by atoms with E-state index in [1.165, 1.54) is 88.1 Å². The highest BCUT2D eigenvalue weighted by Crippen LogP contribution is 2.46.